The summed E-state index contributed by atoms with van der Waals surface area (Å²) in [5, 5.41) is 2.78. The minimum absolute atomic E-state index is 0.145. The maximum absolute atomic E-state index is 12.6. The van der Waals surface area contributed by atoms with Crippen molar-refractivity contribution < 1.29 is 22.7 Å². The second kappa shape index (κ2) is 7.84. The Balaban J connectivity index is 1.50. The third-order valence-electron chi connectivity index (χ3n) is 4.23. The Morgan fingerprint density at radius 3 is 2.34 bits per heavy atom. The van der Waals surface area contributed by atoms with Gasteiger partial charge in [-0.2, -0.15) is 0 Å². The van der Waals surface area contributed by atoms with Gasteiger partial charge in [0.2, 0.25) is 0 Å². The Kier molecular flexibility index (Phi) is 5.09. The standard InChI is InChI=1S/C21H18N2O5S/c24-21(22-16-9-10-19-20(14-16)28-12-11-27-19)15-5-4-6-17(13-15)23-29(25,26)18-7-2-1-3-8-18/h1-10,13-14,23H,11-12H2,(H,22,24). The average molecular weight is 410 g/mol. The van der Waals surface area contributed by atoms with Gasteiger partial charge in [0, 0.05) is 23.0 Å². The summed E-state index contributed by atoms with van der Waals surface area (Å²) in [6.07, 6.45) is 0. The van der Waals surface area contributed by atoms with E-state index in [1.165, 1.54) is 18.2 Å². The first-order valence-electron chi connectivity index (χ1n) is 8.90. The quantitative estimate of drug-likeness (QED) is 0.671. The zero-order chi connectivity index (χ0) is 20.3. The van der Waals surface area contributed by atoms with Crippen LogP contribution in [0.5, 0.6) is 11.5 Å². The van der Waals surface area contributed by atoms with Crippen LogP contribution in [0.4, 0.5) is 11.4 Å². The molecule has 3 aromatic carbocycles. The van der Waals surface area contributed by atoms with E-state index in [4.69, 9.17) is 9.47 Å². The van der Waals surface area contributed by atoms with Gasteiger partial charge in [0.15, 0.2) is 11.5 Å². The van der Waals surface area contributed by atoms with Gasteiger partial charge in [0.25, 0.3) is 15.9 Å². The summed E-state index contributed by atoms with van der Waals surface area (Å²) in [6, 6.07) is 19.4. The lowest BCUT2D eigenvalue weighted by Gasteiger charge is -2.19. The number of hydrogen-bond acceptors (Lipinski definition) is 5. The lowest BCUT2D eigenvalue weighted by molar-refractivity contribution is 0.102. The van der Waals surface area contributed by atoms with Gasteiger partial charge < -0.3 is 14.8 Å². The summed E-state index contributed by atoms with van der Waals surface area (Å²) in [5.41, 5.74) is 1.16. The molecule has 1 aliphatic heterocycles. The number of carbonyl (C=O) groups excluding carboxylic acids is 1. The van der Waals surface area contributed by atoms with Gasteiger partial charge in [-0.1, -0.05) is 24.3 Å². The van der Waals surface area contributed by atoms with E-state index in [1.54, 1.807) is 54.6 Å². The number of carbonyl (C=O) groups is 1. The Morgan fingerprint density at radius 2 is 1.55 bits per heavy atom. The molecule has 0 saturated heterocycles. The van der Waals surface area contributed by atoms with Crippen molar-refractivity contribution >= 4 is 27.3 Å². The fourth-order valence-electron chi connectivity index (χ4n) is 2.86. The first-order valence-corrected chi connectivity index (χ1v) is 10.4. The third-order valence-corrected chi connectivity index (χ3v) is 5.63. The SMILES string of the molecule is O=C(Nc1ccc2c(c1)OCCO2)c1cccc(NS(=O)(=O)c2ccccc2)c1. The van der Waals surface area contributed by atoms with Crippen molar-refractivity contribution in [3.63, 3.8) is 0 Å². The first kappa shape index (κ1) is 18.8. The zero-order valence-electron chi connectivity index (χ0n) is 15.3. The Hall–Kier alpha value is -3.52. The van der Waals surface area contributed by atoms with E-state index in [1.807, 2.05) is 0 Å². The fraction of sp³-hybridized carbons (Fsp3) is 0.0952. The van der Waals surface area contributed by atoms with Gasteiger partial charge in [-0.25, -0.2) is 8.42 Å². The largest absolute Gasteiger partial charge is 0.486 e. The molecule has 0 fully saturated rings. The van der Waals surface area contributed by atoms with Crippen LogP contribution >= 0.6 is 0 Å². The normalized spacial score (nSPS) is 12.8. The van der Waals surface area contributed by atoms with Gasteiger partial charge in [0.05, 0.1) is 4.90 Å². The maximum Gasteiger partial charge on any atom is 0.261 e. The molecule has 0 aromatic heterocycles. The zero-order valence-corrected chi connectivity index (χ0v) is 16.1. The number of amides is 1. The summed E-state index contributed by atoms with van der Waals surface area (Å²) in [4.78, 5) is 12.8. The van der Waals surface area contributed by atoms with E-state index >= 15 is 0 Å². The number of benzene rings is 3. The number of ether oxygens (including phenoxy) is 2. The van der Waals surface area contributed by atoms with Crippen molar-refractivity contribution in [2.75, 3.05) is 23.3 Å². The third kappa shape index (κ3) is 4.33. The smallest absolute Gasteiger partial charge is 0.261 e. The molecule has 1 amide bonds. The summed E-state index contributed by atoms with van der Waals surface area (Å²) >= 11 is 0. The van der Waals surface area contributed by atoms with Crippen LogP contribution in [-0.2, 0) is 10.0 Å². The molecule has 148 valence electrons. The Morgan fingerprint density at radius 1 is 0.793 bits per heavy atom. The van der Waals surface area contributed by atoms with Crippen LogP contribution in [-0.4, -0.2) is 27.5 Å². The lowest BCUT2D eigenvalue weighted by Crippen LogP contribution is -2.17. The van der Waals surface area contributed by atoms with E-state index < -0.39 is 10.0 Å². The summed E-state index contributed by atoms with van der Waals surface area (Å²) in [6.45, 7) is 0.943. The topological polar surface area (TPSA) is 93.7 Å². The second-order valence-electron chi connectivity index (χ2n) is 6.31. The van der Waals surface area contributed by atoms with Crippen LogP contribution in [0, 0.1) is 0 Å². The number of hydrogen-bond donors (Lipinski definition) is 2. The minimum Gasteiger partial charge on any atom is -0.486 e. The molecule has 2 N–H and O–H groups in total. The highest BCUT2D eigenvalue weighted by Gasteiger charge is 2.16. The maximum atomic E-state index is 12.6. The molecule has 0 radical (unpaired) electrons. The van der Waals surface area contributed by atoms with E-state index in [9.17, 15) is 13.2 Å². The highest BCUT2D eigenvalue weighted by molar-refractivity contribution is 7.92. The lowest BCUT2D eigenvalue weighted by atomic mass is 10.2. The number of anilines is 2. The van der Waals surface area contributed by atoms with Gasteiger partial charge in [-0.3, -0.25) is 9.52 Å². The molecule has 0 aliphatic carbocycles. The molecule has 7 nitrogen and oxygen atoms in total. The summed E-state index contributed by atoms with van der Waals surface area (Å²) < 4.78 is 38.4. The fourth-order valence-corrected chi connectivity index (χ4v) is 3.93. The van der Waals surface area contributed by atoms with Gasteiger partial charge in [0.1, 0.15) is 13.2 Å². The predicted octanol–water partition coefficient (Wildman–Crippen LogP) is 3.51. The van der Waals surface area contributed by atoms with E-state index in [-0.39, 0.29) is 10.8 Å². The van der Waals surface area contributed by atoms with E-state index in [0.29, 0.717) is 41.7 Å². The average Bonchev–Trinajstić information content (AvgIpc) is 2.74. The first-order chi connectivity index (χ1) is 14.0. The van der Waals surface area contributed by atoms with E-state index in [0.717, 1.165) is 0 Å². The van der Waals surface area contributed by atoms with Crippen molar-refractivity contribution in [1.82, 2.24) is 0 Å². The number of sulfonamides is 1. The minimum atomic E-state index is -3.74. The van der Waals surface area contributed by atoms with Gasteiger partial charge >= 0.3 is 0 Å². The Labute approximate surface area is 168 Å². The molecule has 0 unspecified atom stereocenters. The van der Waals surface area contributed by atoms with Crippen LogP contribution in [0.2, 0.25) is 0 Å². The molecule has 1 heterocycles. The molecule has 0 spiro atoms. The van der Waals surface area contributed by atoms with Crippen molar-refractivity contribution in [3.05, 3.63) is 78.4 Å². The van der Waals surface area contributed by atoms with Gasteiger partial charge in [-0.15, -0.1) is 0 Å². The monoisotopic (exact) mass is 410 g/mol. The van der Waals surface area contributed by atoms with Crippen LogP contribution in [0.25, 0.3) is 0 Å². The summed E-state index contributed by atoms with van der Waals surface area (Å²) in [5.74, 6) is 0.826. The molecular weight excluding hydrogens is 392 g/mol. The van der Waals surface area contributed by atoms with Crippen molar-refractivity contribution in [1.29, 1.82) is 0 Å². The molecule has 0 atom stereocenters. The molecule has 0 saturated carbocycles. The highest BCUT2D eigenvalue weighted by atomic mass is 32.2. The molecule has 8 heteroatoms. The number of fused-ring (bicyclic) bond motifs is 1. The number of rotatable bonds is 5. The molecule has 4 rings (SSSR count). The van der Waals surface area contributed by atoms with Crippen LogP contribution < -0.4 is 19.5 Å². The van der Waals surface area contributed by atoms with Gasteiger partial charge in [-0.05, 0) is 42.5 Å². The number of nitrogens with one attached hydrogen (secondary N) is 2. The van der Waals surface area contributed by atoms with Crippen LogP contribution in [0.15, 0.2) is 77.7 Å². The molecule has 3 aromatic rings. The second-order valence-corrected chi connectivity index (χ2v) is 7.99. The Bertz CT molecular complexity index is 1150. The van der Waals surface area contributed by atoms with Crippen molar-refractivity contribution in [2.45, 2.75) is 4.90 Å². The highest BCUT2D eigenvalue weighted by Crippen LogP contribution is 2.32. The van der Waals surface area contributed by atoms with Crippen molar-refractivity contribution in [2.24, 2.45) is 0 Å². The predicted molar refractivity (Wildman–Crippen MR) is 109 cm³/mol. The molecule has 0 bridgehead atoms. The van der Waals surface area contributed by atoms with Crippen LogP contribution in [0.1, 0.15) is 10.4 Å². The summed E-state index contributed by atoms with van der Waals surface area (Å²) in [7, 11) is -3.74. The molecular formula is C21H18N2O5S. The molecule has 29 heavy (non-hydrogen) atoms. The molecule has 1 aliphatic rings. The van der Waals surface area contributed by atoms with Crippen LogP contribution in [0.3, 0.4) is 0 Å². The van der Waals surface area contributed by atoms with Crippen molar-refractivity contribution in [3.8, 4) is 11.5 Å². The van der Waals surface area contributed by atoms with E-state index in [2.05, 4.69) is 10.0 Å².